The van der Waals surface area contributed by atoms with E-state index >= 15 is 0 Å². The van der Waals surface area contributed by atoms with Crippen LogP contribution in [0.4, 0.5) is 18.9 Å². The minimum Gasteiger partial charge on any atom is -0.478 e. The third-order valence-corrected chi connectivity index (χ3v) is 5.35. The van der Waals surface area contributed by atoms with Crippen molar-refractivity contribution in [2.24, 2.45) is 16.9 Å². The van der Waals surface area contributed by atoms with E-state index in [4.69, 9.17) is 0 Å². The molecule has 3 N–H and O–H groups in total. The highest BCUT2D eigenvalue weighted by Gasteiger charge is 2.37. The van der Waals surface area contributed by atoms with Gasteiger partial charge < -0.3 is 5.11 Å². The Morgan fingerprint density at radius 1 is 1.17 bits per heavy atom. The third kappa shape index (κ3) is 4.19. The van der Waals surface area contributed by atoms with Crippen molar-refractivity contribution in [1.82, 2.24) is 0 Å². The summed E-state index contributed by atoms with van der Waals surface area (Å²) in [5.74, 6) is -3.73. The second kappa shape index (κ2) is 7.54. The fourth-order valence-corrected chi connectivity index (χ4v) is 3.67. The Kier molecular flexibility index (Phi) is 5.39. The summed E-state index contributed by atoms with van der Waals surface area (Å²) < 4.78 is 71.3. The molecule has 0 spiro atoms. The Morgan fingerprint density at radius 3 is 2.43 bits per heavy atom. The van der Waals surface area contributed by atoms with Crippen molar-refractivity contribution in [2.45, 2.75) is 11.1 Å². The lowest BCUT2D eigenvalue weighted by Crippen LogP contribution is -2.37. The summed E-state index contributed by atoms with van der Waals surface area (Å²) in [7, 11) is -4.92. The van der Waals surface area contributed by atoms with Gasteiger partial charge in [0.05, 0.1) is 11.3 Å². The lowest BCUT2D eigenvalue weighted by molar-refractivity contribution is -0.137. The van der Waals surface area contributed by atoms with Gasteiger partial charge in [0.15, 0.2) is 0 Å². The van der Waals surface area contributed by atoms with Crippen LogP contribution in [0.15, 0.2) is 64.1 Å². The maximum atomic E-state index is 13.0. The minimum atomic E-state index is -4.92. The molecule has 0 radical (unpaired) electrons. The highest BCUT2D eigenvalue weighted by molar-refractivity contribution is 7.86. The van der Waals surface area contributed by atoms with E-state index in [0.717, 1.165) is 0 Å². The maximum absolute atomic E-state index is 13.0. The predicted octanol–water partition coefficient (Wildman–Crippen LogP) is 2.67. The molecule has 2 aliphatic carbocycles. The number of halogens is 3. The van der Waals surface area contributed by atoms with Crippen molar-refractivity contribution >= 4 is 33.3 Å². The van der Waals surface area contributed by atoms with Crippen LogP contribution in [0.1, 0.15) is 5.56 Å². The van der Waals surface area contributed by atoms with Crippen molar-refractivity contribution in [3.63, 3.8) is 0 Å². The number of carboxylic acid groups (broad SMARTS) is 1. The Bertz CT molecular complexity index is 1150. The molecule has 30 heavy (non-hydrogen) atoms. The number of carbonyl (C=O) groups excluding carboxylic acids is 1. The largest absolute Gasteiger partial charge is 0.478 e. The third-order valence-electron chi connectivity index (χ3n) is 4.44. The molecule has 0 fully saturated rings. The van der Waals surface area contributed by atoms with Gasteiger partial charge in [-0.3, -0.25) is 14.8 Å². The van der Waals surface area contributed by atoms with E-state index in [-0.39, 0.29) is 5.71 Å². The smallest absolute Gasteiger partial charge is 0.416 e. The number of fused-ring (bicyclic) bond motifs is 1. The zero-order chi connectivity index (χ0) is 22.3. The molecule has 0 aliphatic heterocycles. The summed E-state index contributed by atoms with van der Waals surface area (Å²) in [6.07, 6.45) is 2.79. The average Bonchev–Trinajstić information content (AvgIpc) is 2.65. The van der Waals surface area contributed by atoms with Crippen molar-refractivity contribution in [2.75, 3.05) is 5.43 Å². The van der Waals surface area contributed by atoms with E-state index in [2.05, 4.69) is 10.5 Å². The Hall–Kier alpha value is -3.25. The fourth-order valence-electron chi connectivity index (χ4n) is 3.05. The Labute approximate surface area is 167 Å². The molecule has 12 heteroatoms. The van der Waals surface area contributed by atoms with Gasteiger partial charge in [0, 0.05) is 11.8 Å². The minimum absolute atomic E-state index is 0.334. The summed E-state index contributed by atoms with van der Waals surface area (Å²) in [4.78, 5) is 23.0. The van der Waals surface area contributed by atoms with E-state index in [1.54, 1.807) is 24.3 Å². The summed E-state index contributed by atoms with van der Waals surface area (Å²) in [5.41, 5.74) is -0.788. The van der Waals surface area contributed by atoms with E-state index < -0.39 is 61.6 Å². The first-order chi connectivity index (χ1) is 13.9. The summed E-state index contributed by atoms with van der Waals surface area (Å²) in [5, 5.41) is 13.0. The number of hydrogen-bond donors (Lipinski definition) is 3. The van der Waals surface area contributed by atoms with E-state index in [1.807, 2.05) is 0 Å². The van der Waals surface area contributed by atoms with E-state index in [1.165, 1.54) is 6.08 Å². The molecule has 2 aliphatic rings. The van der Waals surface area contributed by atoms with Crippen molar-refractivity contribution in [1.29, 1.82) is 0 Å². The van der Waals surface area contributed by atoms with Crippen LogP contribution in [0.2, 0.25) is 0 Å². The number of nitrogens with one attached hydrogen (secondary N) is 1. The number of hydrazone groups is 1. The molecule has 3 rings (SSSR count). The summed E-state index contributed by atoms with van der Waals surface area (Å²) in [6.45, 7) is 0. The average molecular weight is 442 g/mol. The number of anilines is 1. The van der Waals surface area contributed by atoms with Gasteiger partial charge in [0.2, 0.25) is 5.78 Å². The van der Waals surface area contributed by atoms with Crippen LogP contribution in [0.3, 0.4) is 0 Å². The number of benzene rings is 1. The van der Waals surface area contributed by atoms with Crippen molar-refractivity contribution in [3.05, 3.63) is 59.7 Å². The Balaban J connectivity index is 2.08. The topological polar surface area (TPSA) is 133 Å². The highest BCUT2D eigenvalue weighted by atomic mass is 32.2. The zero-order valence-electron chi connectivity index (χ0n) is 14.8. The monoisotopic (exact) mass is 442 g/mol. The van der Waals surface area contributed by atoms with Crippen molar-refractivity contribution in [3.8, 4) is 0 Å². The summed E-state index contributed by atoms with van der Waals surface area (Å²) >= 11 is 0. The SMILES string of the molecule is O=C(O)C1=CC2C=CC=CC2/C(=N\Nc2cc(C(F)(F)F)ccc2S(=O)(=O)O)C1=O. The molecule has 1 aromatic carbocycles. The van der Waals surface area contributed by atoms with Crippen LogP contribution in [0, 0.1) is 11.8 Å². The molecule has 8 nitrogen and oxygen atoms in total. The molecule has 0 amide bonds. The second-order valence-electron chi connectivity index (χ2n) is 6.38. The normalized spacial score (nSPS) is 22.6. The van der Waals surface area contributed by atoms with E-state index in [9.17, 15) is 40.8 Å². The number of rotatable bonds is 4. The molecule has 0 saturated carbocycles. The number of hydrogen-bond acceptors (Lipinski definition) is 6. The maximum Gasteiger partial charge on any atom is 0.416 e. The van der Waals surface area contributed by atoms with Gasteiger partial charge in [0.25, 0.3) is 10.1 Å². The number of carbonyl (C=O) groups is 2. The molecular weight excluding hydrogens is 429 g/mol. The van der Waals surface area contributed by atoms with E-state index in [0.29, 0.717) is 18.2 Å². The molecule has 0 saturated heterocycles. The van der Waals surface area contributed by atoms with Crippen LogP contribution >= 0.6 is 0 Å². The van der Waals surface area contributed by atoms with Gasteiger partial charge in [-0.1, -0.05) is 30.4 Å². The molecule has 0 bridgehead atoms. The molecule has 158 valence electrons. The summed E-state index contributed by atoms with van der Waals surface area (Å²) in [6, 6.07) is 1.41. The molecule has 2 unspecified atom stereocenters. The number of carboxylic acids is 1. The molecular formula is C18H13F3N2O6S. The number of nitrogens with zero attached hydrogens (tertiary/aromatic N) is 1. The molecule has 2 atom stereocenters. The highest BCUT2D eigenvalue weighted by Crippen LogP contribution is 2.34. The number of Topliss-reactive ketones (excluding diaryl/α,β-unsaturated/α-hetero) is 1. The van der Waals surface area contributed by atoms with Crippen LogP contribution < -0.4 is 5.43 Å². The fraction of sp³-hybridized carbons (Fsp3) is 0.167. The molecule has 1 aromatic rings. The van der Waals surface area contributed by atoms with Crippen LogP contribution in [-0.4, -0.2) is 35.5 Å². The standard InChI is InChI=1S/C18H13F3N2O6S/c19-18(20,21)10-5-6-14(30(27,28)29)13(8-10)22-23-15-11-4-2-1-3-9(11)7-12(16(15)24)17(25)26/h1-9,11,22H,(H,25,26)(H,27,28,29)/b23-15+. The molecule has 0 heterocycles. The van der Waals surface area contributed by atoms with Gasteiger partial charge in [0.1, 0.15) is 16.2 Å². The van der Waals surface area contributed by atoms with Gasteiger partial charge >= 0.3 is 12.1 Å². The van der Waals surface area contributed by atoms with Crippen LogP contribution in [0.5, 0.6) is 0 Å². The molecule has 0 aromatic heterocycles. The van der Waals surface area contributed by atoms with Gasteiger partial charge in [-0.25, -0.2) is 4.79 Å². The second-order valence-corrected chi connectivity index (χ2v) is 7.77. The quantitative estimate of drug-likeness (QED) is 0.371. The number of allylic oxidation sites excluding steroid dienone is 5. The Morgan fingerprint density at radius 2 is 1.83 bits per heavy atom. The van der Waals surface area contributed by atoms with Gasteiger partial charge in [-0.15, -0.1) is 0 Å². The first-order valence-corrected chi connectivity index (χ1v) is 9.70. The first-order valence-electron chi connectivity index (χ1n) is 8.26. The lowest BCUT2D eigenvalue weighted by atomic mass is 9.76. The number of ketones is 1. The van der Waals surface area contributed by atoms with Crippen molar-refractivity contribution < 1.29 is 40.8 Å². The number of alkyl halides is 3. The van der Waals surface area contributed by atoms with Crippen LogP contribution in [-0.2, 0) is 25.9 Å². The zero-order valence-corrected chi connectivity index (χ0v) is 15.6. The van der Waals surface area contributed by atoms with Gasteiger partial charge in [-0.2, -0.15) is 26.7 Å². The first kappa shape index (κ1) is 21.5. The van der Waals surface area contributed by atoms with Crippen LogP contribution in [0.25, 0.3) is 0 Å². The van der Waals surface area contributed by atoms with Gasteiger partial charge in [-0.05, 0) is 18.2 Å². The lowest BCUT2D eigenvalue weighted by Gasteiger charge is -2.27. The predicted molar refractivity (Wildman–Crippen MR) is 98.3 cm³/mol. The number of aliphatic carboxylic acids is 1.